The van der Waals surface area contributed by atoms with E-state index in [2.05, 4.69) is 26.7 Å². The first-order valence-electron chi connectivity index (χ1n) is 12.6. The van der Waals surface area contributed by atoms with Crippen molar-refractivity contribution in [3.05, 3.63) is 78.9 Å². The lowest BCUT2D eigenvalue weighted by Gasteiger charge is -2.25. The summed E-state index contributed by atoms with van der Waals surface area (Å²) in [6.45, 7) is 5.13. The molecule has 40 heavy (non-hydrogen) atoms. The van der Waals surface area contributed by atoms with Crippen molar-refractivity contribution < 1.29 is 17.9 Å². The zero-order valence-corrected chi connectivity index (χ0v) is 24.2. The van der Waals surface area contributed by atoms with Gasteiger partial charge in [-0.1, -0.05) is 24.8 Å². The molecule has 0 saturated carbocycles. The van der Waals surface area contributed by atoms with Gasteiger partial charge in [0.1, 0.15) is 17.4 Å². The monoisotopic (exact) mass is 562 g/mol. The van der Waals surface area contributed by atoms with Gasteiger partial charge in [-0.2, -0.15) is 0 Å². The lowest BCUT2D eigenvalue weighted by atomic mass is 10.1. The number of carbonyl (C=O) groups excluding carboxylic acids is 1. The number of hydrogen-bond acceptors (Lipinski definition) is 8. The second kappa shape index (κ2) is 11.9. The van der Waals surface area contributed by atoms with Crippen molar-refractivity contribution in [3.8, 4) is 11.6 Å². The summed E-state index contributed by atoms with van der Waals surface area (Å²) in [5, 5.41) is 3.54. The highest BCUT2D eigenvalue weighted by Crippen LogP contribution is 2.35. The fourth-order valence-corrected chi connectivity index (χ4v) is 5.29. The SMILES string of the molecule is C=CC(=O)Nc1cc(Cc2nccc(-n3cc(S(C)(=O)=O)c4ccccc43)n2)c(OC)cc1N(C)CCN(C)C. The van der Waals surface area contributed by atoms with Gasteiger partial charge in [-0.3, -0.25) is 9.36 Å². The van der Waals surface area contributed by atoms with E-state index >= 15 is 0 Å². The molecule has 11 heteroatoms. The van der Waals surface area contributed by atoms with E-state index in [0.717, 1.165) is 29.9 Å². The lowest BCUT2D eigenvalue weighted by molar-refractivity contribution is -0.111. The van der Waals surface area contributed by atoms with Gasteiger partial charge in [0.15, 0.2) is 9.84 Å². The number of anilines is 2. The molecule has 0 unspecified atom stereocenters. The van der Waals surface area contributed by atoms with Crippen LogP contribution in [0.4, 0.5) is 11.4 Å². The van der Waals surface area contributed by atoms with Gasteiger partial charge in [-0.15, -0.1) is 0 Å². The molecule has 4 rings (SSSR count). The van der Waals surface area contributed by atoms with Crippen LogP contribution in [0.3, 0.4) is 0 Å². The first kappa shape index (κ1) is 28.8. The van der Waals surface area contributed by atoms with Crippen LogP contribution < -0.4 is 15.0 Å². The van der Waals surface area contributed by atoms with E-state index in [4.69, 9.17) is 9.72 Å². The molecule has 2 heterocycles. The van der Waals surface area contributed by atoms with Crippen molar-refractivity contribution >= 4 is 38.0 Å². The summed E-state index contributed by atoms with van der Waals surface area (Å²) < 4.78 is 32.4. The summed E-state index contributed by atoms with van der Waals surface area (Å²) >= 11 is 0. The number of aromatic nitrogens is 3. The molecular formula is C29H34N6O4S. The van der Waals surface area contributed by atoms with E-state index in [0.29, 0.717) is 34.9 Å². The fraction of sp³-hybridized carbons (Fsp3) is 0.276. The summed E-state index contributed by atoms with van der Waals surface area (Å²) in [6, 6.07) is 12.8. The van der Waals surface area contributed by atoms with E-state index in [9.17, 15) is 13.2 Å². The molecule has 0 saturated heterocycles. The molecule has 2 aromatic carbocycles. The third-order valence-corrected chi connectivity index (χ3v) is 7.62. The predicted octanol–water partition coefficient (Wildman–Crippen LogP) is 3.55. The highest BCUT2D eigenvalue weighted by molar-refractivity contribution is 7.91. The van der Waals surface area contributed by atoms with Gasteiger partial charge in [-0.05, 0) is 38.4 Å². The Morgan fingerprint density at radius 2 is 1.90 bits per heavy atom. The third-order valence-electron chi connectivity index (χ3n) is 6.50. The van der Waals surface area contributed by atoms with Gasteiger partial charge >= 0.3 is 0 Å². The largest absolute Gasteiger partial charge is 0.496 e. The minimum absolute atomic E-state index is 0.238. The number of sulfone groups is 1. The number of benzene rings is 2. The van der Waals surface area contributed by atoms with E-state index in [1.54, 1.807) is 36.2 Å². The number of para-hydroxylation sites is 1. The van der Waals surface area contributed by atoms with Crippen molar-refractivity contribution in [1.82, 2.24) is 19.4 Å². The lowest BCUT2D eigenvalue weighted by Crippen LogP contribution is -2.29. The van der Waals surface area contributed by atoms with Crippen molar-refractivity contribution in [2.24, 2.45) is 0 Å². The van der Waals surface area contributed by atoms with Crippen molar-refractivity contribution in [3.63, 3.8) is 0 Å². The van der Waals surface area contributed by atoms with Gasteiger partial charge in [-0.25, -0.2) is 18.4 Å². The van der Waals surface area contributed by atoms with Gasteiger partial charge in [0.05, 0.1) is 28.9 Å². The van der Waals surface area contributed by atoms with Gasteiger partial charge in [0, 0.05) is 62.2 Å². The average molecular weight is 563 g/mol. The van der Waals surface area contributed by atoms with Crippen molar-refractivity contribution in [2.75, 3.05) is 57.8 Å². The topological polar surface area (TPSA) is 110 Å². The van der Waals surface area contributed by atoms with Gasteiger partial charge < -0.3 is 19.9 Å². The minimum Gasteiger partial charge on any atom is -0.496 e. The summed E-state index contributed by atoms with van der Waals surface area (Å²) in [5.41, 5.74) is 2.93. The van der Waals surface area contributed by atoms with Crippen LogP contribution in [-0.4, -0.2) is 81.4 Å². The van der Waals surface area contributed by atoms with Crippen LogP contribution in [0.2, 0.25) is 0 Å². The van der Waals surface area contributed by atoms with Gasteiger partial charge in [0.2, 0.25) is 5.91 Å². The zero-order chi connectivity index (χ0) is 29.0. The number of nitrogens with one attached hydrogen (secondary N) is 1. The smallest absolute Gasteiger partial charge is 0.247 e. The number of carbonyl (C=O) groups is 1. The highest BCUT2D eigenvalue weighted by atomic mass is 32.2. The maximum Gasteiger partial charge on any atom is 0.247 e. The Bertz CT molecular complexity index is 1660. The Morgan fingerprint density at radius 3 is 2.58 bits per heavy atom. The molecule has 0 atom stereocenters. The van der Waals surface area contributed by atoms with Crippen LogP contribution in [-0.2, 0) is 21.1 Å². The number of hydrogen-bond donors (Lipinski definition) is 1. The number of methoxy groups -OCH3 is 1. The summed E-state index contributed by atoms with van der Waals surface area (Å²) in [5.74, 6) is 1.35. The third kappa shape index (κ3) is 6.32. The first-order valence-corrected chi connectivity index (χ1v) is 14.5. The number of nitrogens with zero attached hydrogens (tertiary/aromatic N) is 5. The summed E-state index contributed by atoms with van der Waals surface area (Å²) in [6.07, 6.45) is 5.97. The minimum atomic E-state index is -3.45. The Hall–Kier alpha value is -4.22. The number of rotatable bonds is 11. The molecular weight excluding hydrogens is 528 g/mol. The maximum atomic E-state index is 12.4. The van der Waals surface area contributed by atoms with Crippen molar-refractivity contribution in [1.29, 1.82) is 0 Å². The molecule has 4 aromatic rings. The number of fused-ring (bicyclic) bond motifs is 1. The molecule has 0 aliphatic heterocycles. The number of ether oxygens (including phenoxy) is 1. The van der Waals surface area contributed by atoms with Crippen molar-refractivity contribution in [2.45, 2.75) is 11.3 Å². The average Bonchev–Trinajstić information content (AvgIpc) is 3.32. The first-order chi connectivity index (χ1) is 19.0. The highest BCUT2D eigenvalue weighted by Gasteiger charge is 2.19. The number of likely N-dealkylation sites (N-methyl/N-ethyl adjacent to an activating group) is 2. The van der Waals surface area contributed by atoms with E-state index in [1.807, 2.05) is 51.5 Å². The van der Waals surface area contributed by atoms with E-state index in [-0.39, 0.29) is 10.8 Å². The Kier molecular flexibility index (Phi) is 8.55. The Labute approximate surface area is 234 Å². The second-order valence-electron chi connectivity index (χ2n) is 9.76. The van der Waals surface area contributed by atoms with Crippen LogP contribution in [0.1, 0.15) is 11.4 Å². The molecule has 0 radical (unpaired) electrons. The standard InChI is InChI=1S/C29H34N6O4S/c1-7-29(36)31-22-16-20(25(39-5)18-24(22)34(4)15-14-33(2)3)17-27-30-13-12-28(32-27)35-19-26(40(6,37)38)21-10-8-9-11-23(21)35/h7-13,16,18-19H,1,14-15,17H2,2-6H3,(H,31,36). The maximum absolute atomic E-state index is 12.4. The molecule has 0 fully saturated rings. The fourth-order valence-electron chi connectivity index (χ4n) is 4.42. The van der Waals surface area contributed by atoms with E-state index in [1.165, 1.54) is 12.3 Å². The summed E-state index contributed by atoms with van der Waals surface area (Å²) in [4.78, 5) is 25.9. The zero-order valence-electron chi connectivity index (χ0n) is 23.4. The molecule has 0 aliphatic carbocycles. The van der Waals surface area contributed by atoms with E-state index < -0.39 is 9.84 Å². The predicted molar refractivity (Wildman–Crippen MR) is 158 cm³/mol. The molecule has 2 aromatic heterocycles. The van der Waals surface area contributed by atoms with Crippen LogP contribution in [0, 0.1) is 0 Å². The Morgan fingerprint density at radius 1 is 1.15 bits per heavy atom. The normalized spacial score (nSPS) is 11.6. The van der Waals surface area contributed by atoms with Crippen LogP contribution in [0.25, 0.3) is 16.7 Å². The van der Waals surface area contributed by atoms with Crippen LogP contribution in [0.5, 0.6) is 5.75 Å². The Balaban J connectivity index is 1.75. The molecule has 10 nitrogen and oxygen atoms in total. The van der Waals surface area contributed by atoms with Gasteiger partial charge in [0.25, 0.3) is 0 Å². The molecule has 210 valence electrons. The quantitative estimate of drug-likeness (QED) is 0.277. The number of amides is 1. The second-order valence-corrected chi connectivity index (χ2v) is 11.7. The summed E-state index contributed by atoms with van der Waals surface area (Å²) in [7, 11) is 4.11. The van der Waals surface area contributed by atoms with Crippen LogP contribution in [0.15, 0.2) is 72.4 Å². The molecule has 0 bridgehead atoms. The molecule has 0 aliphatic rings. The molecule has 1 amide bonds. The van der Waals surface area contributed by atoms with Crippen LogP contribution >= 0.6 is 0 Å². The molecule has 1 N–H and O–H groups in total. The molecule has 0 spiro atoms.